The monoisotopic (exact) mass is 314 g/mol. The van der Waals surface area contributed by atoms with Crippen LogP contribution in [0.15, 0.2) is 27.6 Å². The van der Waals surface area contributed by atoms with Gasteiger partial charge in [0.1, 0.15) is 10.7 Å². The van der Waals surface area contributed by atoms with Gasteiger partial charge in [0.2, 0.25) is 15.9 Å². The summed E-state index contributed by atoms with van der Waals surface area (Å²) in [6.07, 6.45) is 0.221. The largest absolute Gasteiger partial charge is 0.339 e. The minimum atomic E-state index is -3.96. The van der Waals surface area contributed by atoms with E-state index in [0.29, 0.717) is 17.3 Å². The quantitative estimate of drug-likeness (QED) is 0.803. The summed E-state index contributed by atoms with van der Waals surface area (Å²) in [7, 11) is -3.96. The molecule has 0 aliphatic heterocycles. The molecule has 0 amide bonds. The van der Waals surface area contributed by atoms with Crippen LogP contribution in [0.5, 0.6) is 0 Å². The van der Waals surface area contributed by atoms with Gasteiger partial charge in [0.15, 0.2) is 5.82 Å². The molecule has 0 bridgehead atoms. The van der Waals surface area contributed by atoms with Crippen molar-refractivity contribution in [2.45, 2.75) is 24.8 Å². The normalized spacial score (nSPS) is 11.8. The van der Waals surface area contributed by atoms with Crippen molar-refractivity contribution in [1.82, 2.24) is 14.9 Å². The van der Waals surface area contributed by atoms with Crippen LogP contribution in [0.3, 0.4) is 0 Å². The Kier molecular flexibility index (Phi) is 4.66. The summed E-state index contributed by atoms with van der Waals surface area (Å²) < 4.78 is 44.9. The molecule has 1 aromatic carbocycles. The Hall–Kier alpha value is -1.84. The van der Waals surface area contributed by atoms with E-state index in [9.17, 15) is 12.8 Å². The Labute approximate surface area is 121 Å². The van der Waals surface area contributed by atoms with Crippen molar-refractivity contribution in [3.05, 3.63) is 41.3 Å². The molecule has 2 rings (SSSR count). The third-order valence-corrected chi connectivity index (χ3v) is 4.20. The summed E-state index contributed by atoms with van der Waals surface area (Å²) in [5.41, 5.74) is 5.96. The van der Waals surface area contributed by atoms with Crippen LogP contribution < -0.4 is 10.5 Å². The number of nitrogens with zero attached hydrogens (tertiary/aromatic N) is 2. The number of benzene rings is 1. The maximum atomic E-state index is 13.7. The number of hydrogen-bond donors (Lipinski definition) is 2. The van der Waals surface area contributed by atoms with Gasteiger partial charge < -0.3 is 10.3 Å². The van der Waals surface area contributed by atoms with E-state index in [-0.39, 0.29) is 19.5 Å². The van der Waals surface area contributed by atoms with Gasteiger partial charge in [0.25, 0.3) is 0 Å². The average molecular weight is 314 g/mol. The van der Waals surface area contributed by atoms with Crippen molar-refractivity contribution in [3.63, 3.8) is 0 Å². The lowest BCUT2D eigenvalue weighted by molar-refractivity contribution is 0.375. The minimum absolute atomic E-state index is 0.0241. The van der Waals surface area contributed by atoms with Crippen molar-refractivity contribution in [1.29, 1.82) is 0 Å². The Morgan fingerprint density at radius 3 is 2.81 bits per heavy atom. The molecule has 0 unspecified atom stereocenters. The van der Waals surface area contributed by atoms with Gasteiger partial charge in [-0.1, -0.05) is 11.2 Å². The maximum absolute atomic E-state index is 13.7. The lowest BCUT2D eigenvalue weighted by Crippen LogP contribution is -2.27. The van der Waals surface area contributed by atoms with Gasteiger partial charge >= 0.3 is 0 Å². The zero-order valence-corrected chi connectivity index (χ0v) is 12.2. The Bertz CT molecular complexity index is 730. The molecule has 0 spiro atoms. The number of aryl methyl sites for hydroxylation is 1. The summed E-state index contributed by atoms with van der Waals surface area (Å²) >= 11 is 0. The zero-order valence-electron chi connectivity index (χ0n) is 11.3. The number of nitrogens with two attached hydrogens (primary N) is 1. The summed E-state index contributed by atoms with van der Waals surface area (Å²) in [5.74, 6) is -0.0470. The van der Waals surface area contributed by atoms with Gasteiger partial charge in [-0.05, 0) is 24.6 Å². The summed E-state index contributed by atoms with van der Waals surface area (Å²) in [4.78, 5) is 3.52. The van der Waals surface area contributed by atoms with E-state index in [1.807, 2.05) is 0 Å². The first-order chi connectivity index (χ1) is 9.92. The van der Waals surface area contributed by atoms with Gasteiger partial charge in [-0.25, -0.2) is 17.5 Å². The van der Waals surface area contributed by atoms with E-state index in [2.05, 4.69) is 14.9 Å². The minimum Gasteiger partial charge on any atom is -0.339 e. The molecule has 1 heterocycles. The lowest BCUT2D eigenvalue weighted by atomic mass is 10.2. The van der Waals surface area contributed by atoms with Crippen molar-refractivity contribution < 1.29 is 17.3 Å². The van der Waals surface area contributed by atoms with Gasteiger partial charge in [0.05, 0.1) is 0 Å². The highest BCUT2D eigenvalue weighted by molar-refractivity contribution is 7.89. The number of hydrogen-bond acceptors (Lipinski definition) is 6. The highest BCUT2D eigenvalue weighted by atomic mass is 32.2. The van der Waals surface area contributed by atoms with Crippen molar-refractivity contribution in [3.8, 4) is 0 Å². The summed E-state index contributed by atoms with van der Waals surface area (Å²) in [5, 5.41) is 3.59. The van der Waals surface area contributed by atoms with Crippen LogP contribution in [0.1, 0.15) is 17.3 Å². The van der Waals surface area contributed by atoms with Crippen LogP contribution >= 0.6 is 0 Å². The first-order valence-corrected chi connectivity index (χ1v) is 7.68. The average Bonchev–Trinajstić information content (AvgIpc) is 2.84. The molecular formula is C12H15FN4O3S. The van der Waals surface area contributed by atoms with E-state index in [1.54, 1.807) is 6.92 Å². The molecule has 114 valence electrons. The van der Waals surface area contributed by atoms with E-state index in [4.69, 9.17) is 10.3 Å². The van der Waals surface area contributed by atoms with Crippen molar-refractivity contribution in [2.75, 3.05) is 6.54 Å². The van der Waals surface area contributed by atoms with Crippen LogP contribution in [0.2, 0.25) is 0 Å². The Morgan fingerprint density at radius 1 is 1.43 bits per heavy atom. The third kappa shape index (κ3) is 3.84. The van der Waals surface area contributed by atoms with Gasteiger partial charge in [-0.2, -0.15) is 4.98 Å². The number of rotatable bonds is 6. The molecule has 0 atom stereocenters. The molecule has 0 saturated heterocycles. The molecule has 0 radical (unpaired) electrons. The maximum Gasteiger partial charge on any atom is 0.243 e. The van der Waals surface area contributed by atoms with Crippen LogP contribution in [-0.2, 0) is 23.0 Å². The Morgan fingerprint density at radius 2 is 2.19 bits per heavy atom. The van der Waals surface area contributed by atoms with Gasteiger partial charge in [0, 0.05) is 19.5 Å². The number of nitrogens with one attached hydrogen (secondary N) is 1. The topological polar surface area (TPSA) is 111 Å². The zero-order chi connectivity index (χ0) is 15.5. The second-order valence-electron chi connectivity index (χ2n) is 4.35. The Balaban J connectivity index is 2.07. The first kappa shape index (κ1) is 15.5. The van der Waals surface area contributed by atoms with E-state index in [0.717, 1.165) is 6.07 Å². The lowest BCUT2D eigenvalue weighted by Gasteiger charge is -2.08. The predicted octanol–water partition coefficient (Wildman–Crippen LogP) is 0.497. The molecule has 7 nitrogen and oxygen atoms in total. The van der Waals surface area contributed by atoms with Crippen LogP contribution in [0, 0.1) is 12.7 Å². The summed E-state index contributed by atoms with van der Waals surface area (Å²) in [6, 6.07) is 3.74. The molecule has 0 saturated carbocycles. The van der Waals surface area contributed by atoms with Crippen molar-refractivity contribution >= 4 is 10.0 Å². The van der Waals surface area contributed by atoms with E-state index < -0.39 is 20.7 Å². The van der Waals surface area contributed by atoms with Gasteiger partial charge in [-0.3, -0.25) is 0 Å². The highest BCUT2D eigenvalue weighted by Crippen LogP contribution is 2.16. The fourth-order valence-corrected chi connectivity index (χ4v) is 2.85. The third-order valence-electron chi connectivity index (χ3n) is 2.72. The van der Waals surface area contributed by atoms with E-state index in [1.165, 1.54) is 12.1 Å². The second kappa shape index (κ2) is 6.29. The molecule has 2 aromatic rings. The molecule has 9 heteroatoms. The molecule has 3 N–H and O–H groups in total. The number of aromatic nitrogens is 2. The van der Waals surface area contributed by atoms with Crippen LogP contribution in [-0.4, -0.2) is 25.1 Å². The number of halogens is 1. The fraction of sp³-hybridized carbons (Fsp3) is 0.333. The molecule has 1 aromatic heterocycles. The van der Waals surface area contributed by atoms with Crippen LogP contribution in [0.4, 0.5) is 4.39 Å². The predicted molar refractivity (Wildman–Crippen MR) is 72.2 cm³/mol. The number of sulfonamides is 1. The smallest absolute Gasteiger partial charge is 0.243 e. The molecule has 0 aliphatic carbocycles. The second-order valence-corrected chi connectivity index (χ2v) is 6.09. The van der Waals surface area contributed by atoms with Gasteiger partial charge in [-0.15, -0.1) is 0 Å². The van der Waals surface area contributed by atoms with Crippen molar-refractivity contribution in [2.24, 2.45) is 5.73 Å². The molecule has 21 heavy (non-hydrogen) atoms. The molecular weight excluding hydrogens is 299 g/mol. The first-order valence-electron chi connectivity index (χ1n) is 6.20. The van der Waals surface area contributed by atoms with Crippen LogP contribution in [0.25, 0.3) is 0 Å². The SMILES string of the molecule is Cc1noc(CCNS(=O)(=O)c2cc(CN)ccc2F)n1. The fourth-order valence-electron chi connectivity index (χ4n) is 1.69. The molecule has 0 fully saturated rings. The highest BCUT2D eigenvalue weighted by Gasteiger charge is 2.19. The summed E-state index contributed by atoms with van der Waals surface area (Å²) in [6.45, 7) is 1.81. The standard InChI is InChI=1S/C12H15FN4O3S/c1-8-16-12(20-17-8)4-5-15-21(18,19)11-6-9(7-14)2-3-10(11)13/h2-3,6,15H,4-5,7,14H2,1H3. The molecule has 0 aliphatic rings. The van der Waals surface area contributed by atoms with E-state index >= 15 is 0 Å².